The van der Waals surface area contributed by atoms with Crippen molar-refractivity contribution in [1.82, 2.24) is 20.1 Å². The van der Waals surface area contributed by atoms with E-state index in [9.17, 15) is 9.18 Å². The van der Waals surface area contributed by atoms with Crippen molar-refractivity contribution >= 4 is 34.3 Å². The van der Waals surface area contributed by atoms with Crippen molar-refractivity contribution in [3.8, 4) is 10.6 Å². The molecule has 0 unspecified atom stereocenters. The number of aromatic amines is 1. The molecule has 5 rings (SSSR count). The Kier molecular flexibility index (Phi) is 6.28. The molecular formula is C23H28FN7OS. The monoisotopic (exact) mass is 469 g/mol. The Morgan fingerprint density at radius 2 is 1.94 bits per heavy atom. The largest absolute Gasteiger partial charge is 0.370 e. The summed E-state index contributed by atoms with van der Waals surface area (Å²) in [4.78, 5) is 24.4. The van der Waals surface area contributed by atoms with Crippen LogP contribution in [-0.2, 0) is 0 Å². The average Bonchev–Trinajstić information content (AvgIpc) is 3.53. The fourth-order valence-electron chi connectivity index (χ4n) is 4.30. The van der Waals surface area contributed by atoms with Crippen LogP contribution in [-0.4, -0.2) is 78.5 Å². The second-order valence-corrected chi connectivity index (χ2v) is 9.49. The number of benzene rings is 1. The third-order valence-corrected chi connectivity index (χ3v) is 7.24. The van der Waals surface area contributed by atoms with Gasteiger partial charge in [0.1, 0.15) is 16.9 Å². The summed E-state index contributed by atoms with van der Waals surface area (Å²) in [7, 11) is 2.14. The van der Waals surface area contributed by atoms with E-state index in [0.29, 0.717) is 31.6 Å². The molecule has 8 nitrogen and oxygen atoms in total. The van der Waals surface area contributed by atoms with Gasteiger partial charge in [-0.1, -0.05) is 0 Å². The molecule has 10 heteroatoms. The summed E-state index contributed by atoms with van der Waals surface area (Å²) in [5.74, 6) is -0.255. The zero-order valence-corrected chi connectivity index (χ0v) is 19.4. The lowest BCUT2D eigenvalue weighted by Crippen LogP contribution is -2.44. The zero-order valence-electron chi connectivity index (χ0n) is 18.6. The summed E-state index contributed by atoms with van der Waals surface area (Å²) in [6.45, 7) is 5.23. The number of halogens is 1. The van der Waals surface area contributed by atoms with Gasteiger partial charge in [0.25, 0.3) is 5.91 Å². The number of thiazole rings is 1. The lowest BCUT2D eigenvalue weighted by atomic mass is 10.1. The van der Waals surface area contributed by atoms with Gasteiger partial charge >= 0.3 is 0 Å². The van der Waals surface area contributed by atoms with E-state index in [1.807, 2.05) is 6.07 Å². The van der Waals surface area contributed by atoms with Crippen LogP contribution in [0.1, 0.15) is 23.3 Å². The van der Waals surface area contributed by atoms with Crippen molar-refractivity contribution in [2.45, 2.75) is 19.0 Å². The first-order valence-corrected chi connectivity index (χ1v) is 12.2. The summed E-state index contributed by atoms with van der Waals surface area (Å²) >= 11 is 1.41. The summed E-state index contributed by atoms with van der Waals surface area (Å²) in [5, 5.41) is 12.3. The fourth-order valence-corrected chi connectivity index (χ4v) is 5.08. The highest BCUT2D eigenvalue weighted by molar-refractivity contribution is 7.13. The first kappa shape index (κ1) is 21.8. The van der Waals surface area contributed by atoms with E-state index in [-0.39, 0.29) is 5.91 Å². The highest BCUT2D eigenvalue weighted by Crippen LogP contribution is 2.34. The maximum absolute atomic E-state index is 13.8. The number of alkyl halides is 1. The second kappa shape index (κ2) is 9.48. The zero-order chi connectivity index (χ0) is 22.8. The minimum atomic E-state index is -0.753. The molecule has 0 aliphatic carbocycles. The van der Waals surface area contributed by atoms with E-state index in [2.05, 4.69) is 54.4 Å². The Hall–Kier alpha value is -2.98. The third kappa shape index (κ3) is 4.86. The van der Waals surface area contributed by atoms with E-state index in [4.69, 9.17) is 0 Å². The third-order valence-electron chi connectivity index (χ3n) is 6.35. The number of piperazine rings is 1. The Bertz CT molecular complexity index is 1090. The minimum Gasteiger partial charge on any atom is -0.370 e. The van der Waals surface area contributed by atoms with E-state index < -0.39 is 6.17 Å². The maximum atomic E-state index is 13.8. The van der Waals surface area contributed by atoms with Crippen LogP contribution in [0.3, 0.4) is 0 Å². The number of carbonyl (C=O) groups is 1. The number of rotatable bonds is 5. The van der Waals surface area contributed by atoms with Crippen molar-refractivity contribution in [1.29, 1.82) is 0 Å². The number of likely N-dealkylation sites (N-methyl/N-ethyl adjacent to an activating group) is 1. The molecule has 1 amide bonds. The average molecular weight is 470 g/mol. The van der Waals surface area contributed by atoms with Gasteiger partial charge in [0, 0.05) is 62.1 Å². The number of aromatic nitrogens is 3. The molecule has 0 saturated carbocycles. The Morgan fingerprint density at radius 3 is 2.67 bits per heavy atom. The van der Waals surface area contributed by atoms with Crippen LogP contribution in [0.4, 0.5) is 21.5 Å². The lowest BCUT2D eigenvalue weighted by molar-refractivity contribution is 0.102. The number of amides is 1. The first-order valence-electron chi connectivity index (χ1n) is 11.3. The van der Waals surface area contributed by atoms with E-state index in [1.54, 1.807) is 17.8 Å². The van der Waals surface area contributed by atoms with Crippen molar-refractivity contribution in [3.05, 3.63) is 41.7 Å². The first-order chi connectivity index (χ1) is 16.1. The Balaban J connectivity index is 1.39. The van der Waals surface area contributed by atoms with E-state index >= 15 is 0 Å². The van der Waals surface area contributed by atoms with Crippen LogP contribution in [0, 0.1) is 0 Å². The predicted octanol–water partition coefficient (Wildman–Crippen LogP) is 3.48. The predicted molar refractivity (Wildman–Crippen MR) is 130 cm³/mol. The summed E-state index contributed by atoms with van der Waals surface area (Å²) in [6, 6.07) is 6.16. The summed E-state index contributed by atoms with van der Waals surface area (Å²) in [5.41, 5.74) is 4.03. The number of hydrogen-bond donors (Lipinski definition) is 2. The van der Waals surface area contributed by atoms with Gasteiger partial charge in [0.15, 0.2) is 0 Å². The summed E-state index contributed by atoms with van der Waals surface area (Å²) in [6.07, 6.45) is 3.70. The van der Waals surface area contributed by atoms with E-state index in [1.165, 1.54) is 11.3 Å². The maximum Gasteiger partial charge on any atom is 0.275 e. The van der Waals surface area contributed by atoms with Crippen LogP contribution in [0.15, 0.2) is 36.0 Å². The molecule has 0 atom stereocenters. The van der Waals surface area contributed by atoms with Gasteiger partial charge in [-0.3, -0.25) is 9.89 Å². The molecule has 0 bridgehead atoms. The molecule has 1 aromatic carbocycles. The van der Waals surface area contributed by atoms with Gasteiger partial charge in [0.2, 0.25) is 0 Å². The van der Waals surface area contributed by atoms with Crippen molar-refractivity contribution in [2.75, 3.05) is 61.4 Å². The normalized spacial score (nSPS) is 18.0. The number of nitrogens with one attached hydrogen (secondary N) is 2. The molecule has 0 radical (unpaired) electrons. The Labute approximate surface area is 196 Å². The SMILES string of the molecule is CN1CCN(c2ccc(NC(=O)c3csc(-c4cn[nH]c4)n3)c(N3CCC(F)CC3)c2)CC1. The number of anilines is 3. The molecule has 2 saturated heterocycles. The number of piperidine rings is 1. The van der Waals surface area contributed by atoms with Gasteiger partial charge in [-0.05, 0) is 38.1 Å². The van der Waals surface area contributed by atoms with Crippen molar-refractivity contribution < 1.29 is 9.18 Å². The molecule has 174 valence electrons. The van der Waals surface area contributed by atoms with Gasteiger partial charge in [-0.2, -0.15) is 5.10 Å². The van der Waals surface area contributed by atoms with Crippen molar-refractivity contribution in [2.24, 2.45) is 0 Å². The smallest absolute Gasteiger partial charge is 0.275 e. The lowest BCUT2D eigenvalue weighted by Gasteiger charge is -2.36. The standard InChI is InChI=1S/C23H28FN7OS/c1-29-8-10-30(11-9-29)18-2-3-19(21(12-18)31-6-4-17(24)5-7-31)27-22(32)20-15-33-23(28-20)16-13-25-26-14-16/h2-3,12-15,17H,4-11H2,1H3,(H,25,26)(H,27,32). The van der Waals surface area contributed by atoms with Crippen LogP contribution in [0.2, 0.25) is 0 Å². The van der Waals surface area contributed by atoms with Crippen LogP contribution >= 0.6 is 11.3 Å². The van der Waals surface area contributed by atoms with E-state index in [0.717, 1.165) is 53.8 Å². The summed E-state index contributed by atoms with van der Waals surface area (Å²) < 4.78 is 13.8. The van der Waals surface area contributed by atoms with Crippen LogP contribution in [0.25, 0.3) is 10.6 Å². The Morgan fingerprint density at radius 1 is 1.15 bits per heavy atom. The van der Waals surface area contributed by atoms with Gasteiger partial charge in [-0.25, -0.2) is 9.37 Å². The molecule has 2 aliphatic heterocycles. The molecule has 2 aliphatic rings. The van der Waals surface area contributed by atoms with Crippen LogP contribution in [0.5, 0.6) is 0 Å². The topological polar surface area (TPSA) is 80.4 Å². The van der Waals surface area contributed by atoms with Crippen LogP contribution < -0.4 is 15.1 Å². The molecule has 2 fully saturated rings. The number of nitrogens with zero attached hydrogens (tertiary/aromatic N) is 5. The highest BCUT2D eigenvalue weighted by atomic mass is 32.1. The fraction of sp³-hybridized carbons (Fsp3) is 0.435. The molecule has 2 aromatic heterocycles. The van der Waals surface area contributed by atoms with Gasteiger partial charge in [-0.15, -0.1) is 11.3 Å². The molecule has 33 heavy (non-hydrogen) atoms. The minimum absolute atomic E-state index is 0.255. The number of H-pyrrole nitrogens is 1. The molecule has 3 aromatic rings. The molecular weight excluding hydrogens is 441 g/mol. The quantitative estimate of drug-likeness (QED) is 0.596. The number of carbonyl (C=O) groups excluding carboxylic acids is 1. The van der Waals surface area contributed by atoms with Gasteiger partial charge in [0.05, 0.1) is 17.6 Å². The number of hydrogen-bond acceptors (Lipinski definition) is 7. The molecule has 4 heterocycles. The highest BCUT2D eigenvalue weighted by Gasteiger charge is 2.24. The second-order valence-electron chi connectivity index (χ2n) is 8.63. The molecule has 0 spiro atoms. The molecule has 2 N–H and O–H groups in total. The van der Waals surface area contributed by atoms with Gasteiger partial charge < -0.3 is 20.0 Å². The van der Waals surface area contributed by atoms with Crippen molar-refractivity contribution in [3.63, 3.8) is 0 Å².